The molecule has 0 aromatic heterocycles. The lowest BCUT2D eigenvalue weighted by Gasteiger charge is -2.14. The van der Waals surface area contributed by atoms with Gasteiger partial charge in [0.1, 0.15) is 5.75 Å². The highest BCUT2D eigenvalue weighted by Gasteiger charge is 2.17. The van der Waals surface area contributed by atoms with E-state index in [1.807, 2.05) is 13.8 Å². The molecule has 1 amide bonds. The van der Waals surface area contributed by atoms with Crippen molar-refractivity contribution in [1.82, 2.24) is 0 Å². The zero-order valence-corrected chi connectivity index (χ0v) is 13.9. The molecule has 0 radical (unpaired) electrons. The third kappa shape index (κ3) is 4.10. The lowest BCUT2D eigenvalue weighted by atomic mass is 10.1. The van der Waals surface area contributed by atoms with Crippen molar-refractivity contribution in [3.63, 3.8) is 0 Å². The third-order valence-corrected chi connectivity index (χ3v) is 3.45. The molecule has 0 saturated carbocycles. The Balaban J connectivity index is 2.25. The largest absolute Gasteiger partial charge is 0.492 e. The predicted octanol–water partition coefficient (Wildman–Crippen LogP) is 4.19. The molecule has 1 N–H and O–H groups in total. The maximum Gasteiger partial charge on any atom is 0.274 e. The fraction of sp³-hybridized carbons (Fsp3) is 0.278. The Bertz CT molecular complexity index is 756. The van der Waals surface area contributed by atoms with E-state index in [1.54, 1.807) is 43.3 Å². The molecular formula is C18H20N2O4. The Hall–Kier alpha value is -2.89. The first kappa shape index (κ1) is 17.5. The number of hydrogen-bond acceptors (Lipinski definition) is 4. The maximum absolute atomic E-state index is 12.6. The number of amides is 1. The minimum atomic E-state index is -0.468. The van der Waals surface area contributed by atoms with Crippen LogP contribution < -0.4 is 10.1 Å². The monoisotopic (exact) mass is 328 g/mol. The van der Waals surface area contributed by atoms with Crippen molar-refractivity contribution in [2.75, 3.05) is 11.9 Å². The number of carbonyl (C=O) groups is 1. The molecule has 0 heterocycles. The number of carbonyl (C=O) groups excluding carboxylic acids is 1. The summed E-state index contributed by atoms with van der Waals surface area (Å²) in [6.45, 7) is 6.15. The molecule has 2 rings (SSSR count). The quantitative estimate of drug-likeness (QED) is 0.637. The number of anilines is 1. The van der Waals surface area contributed by atoms with E-state index in [0.29, 0.717) is 35.1 Å². The molecule has 126 valence electrons. The summed E-state index contributed by atoms with van der Waals surface area (Å²) in [5.41, 5.74) is 1.19. The topological polar surface area (TPSA) is 81.5 Å². The summed E-state index contributed by atoms with van der Waals surface area (Å²) in [4.78, 5) is 23.1. The first-order valence-electron chi connectivity index (χ1n) is 7.67. The van der Waals surface area contributed by atoms with Gasteiger partial charge in [-0.3, -0.25) is 14.9 Å². The van der Waals surface area contributed by atoms with E-state index in [-0.39, 0.29) is 11.6 Å². The summed E-state index contributed by atoms with van der Waals surface area (Å²) in [5, 5.41) is 13.7. The van der Waals surface area contributed by atoms with E-state index < -0.39 is 4.92 Å². The number of hydrogen-bond donors (Lipinski definition) is 1. The highest BCUT2D eigenvalue weighted by atomic mass is 16.6. The summed E-state index contributed by atoms with van der Waals surface area (Å²) in [7, 11) is 0. The van der Waals surface area contributed by atoms with E-state index in [1.165, 1.54) is 6.07 Å². The van der Waals surface area contributed by atoms with Gasteiger partial charge in [-0.25, -0.2) is 0 Å². The molecule has 0 aliphatic heterocycles. The molecule has 0 bridgehead atoms. The lowest BCUT2D eigenvalue weighted by molar-refractivity contribution is -0.385. The molecule has 0 unspecified atom stereocenters. The van der Waals surface area contributed by atoms with Gasteiger partial charge in [0.25, 0.3) is 11.6 Å². The van der Waals surface area contributed by atoms with Crippen LogP contribution in [-0.4, -0.2) is 17.4 Å². The molecule has 2 aromatic rings. The van der Waals surface area contributed by atoms with Gasteiger partial charge >= 0.3 is 0 Å². The van der Waals surface area contributed by atoms with Gasteiger partial charge < -0.3 is 10.1 Å². The van der Waals surface area contributed by atoms with Crippen LogP contribution in [0.15, 0.2) is 42.5 Å². The highest BCUT2D eigenvalue weighted by Crippen LogP contribution is 2.26. The Morgan fingerprint density at radius 2 is 1.92 bits per heavy atom. The number of para-hydroxylation sites is 1. The number of ether oxygens (including phenoxy) is 1. The molecule has 6 nitrogen and oxygen atoms in total. The average molecular weight is 328 g/mol. The average Bonchev–Trinajstić information content (AvgIpc) is 2.54. The van der Waals surface area contributed by atoms with E-state index in [4.69, 9.17) is 4.74 Å². The number of nitro benzene ring substituents is 1. The molecular weight excluding hydrogens is 308 g/mol. The Morgan fingerprint density at radius 3 is 2.58 bits per heavy atom. The van der Waals surface area contributed by atoms with Crippen LogP contribution in [0, 0.1) is 23.0 Å². The van der Waals surface area contributed by atoms with Crippen LogP contribution in [-0.2, 0) is 0 Å². The summed E-state index contributed by atoms with van der Waals surface area (Å²) in [6.07, 6.45) is 0. The van der Waals surface area contributed by atoms with Crippen molar-refractivity contribution in [2.45, 2.75) is 20.8 Å². The number of nitrogens with one attached hydrogen (secondary N) is 1. The summed E-state index contributed by atoms with van der Waals surface area (Å²) < 4.78 is 5.68. The Labute approximate surface area is 140 Å². The zero-order valence-electron chi connectivity index (χ0n) is 13.9. The molecule has 0 aliphatic rings. The van der Waals surface area contributed by atoms with Crippen LogP contribution in [0.2, 0.25) is 0 Å². The van der Waals surface area contributed by atoms with Crippen LogP contribution in [0.5, 0.6) is 5.75 Å². The molecule has 0 atom stereocenters. The van der Waals surface area contributed by atoms with E-state index in [0.717, 1.165) is 0 Å². The van der Waals surface area contributed by atoms with Crippen LogP contribution in [0.1, 0.15) is 29.8 Å². The van der Waals surface area contributed by atoms with Crippen LogP contribution in [0.4, 0.5) is 11.4 Å². The zero-order chi connectivity index (χ0) is 17.7. The van der Waals surface area contributed by atoms with Gasteiger partial charge in [-0.15, -0.1) is 0 Å². The summed E-state index contributed by atoms with van der Waals surface area (Å²) in [6, 6.07) is 11.5. The molecule has 0 saturated heterocycles. The SMILES string of the molecule is Cc1c(NC(=O)c2ccccc2OCC(C)C)cccc1[N+](=O)[O-]. The van der Waals surface area contributed by atoms with Crippen molar-refractivity contribution in [1.29, 1.82) is 0 Å². The second-order valence-electron chi connectivity index (χ2n) is 5.86. The van der Waals surface area contributed by atoms with Crippen molar-refractivity contribution >= 4 is 17.3 Å². The van der Waals surface area contributed by atoms with E-state index in [2.05, 4.69) is 5.32 Å². The number of nitro groups is 1. The number of rotatable bonds is 6. The maximum atomic E-state index is 12.6. The van der Waals surface area contributed by atoms with Gasteiger partial charge in [0, 0.05) is 6.07 Å². The van der Waals surface area contributed by atoms with Gasteiger partial charge in [0.05, 0.1) is 28.3 Å². The molecule has 2 aromatic carbocycles. The molecule has 24 heavy (non-hydrogen) atoms. The fourth-order valence-corrected chi connectivity index (χ4v) is 2.18. The van der Waals surface area contributed by atoms with Gasteiger partial charge in [-0.2, -0.15) is 0 Å². The first-order valence-corrected chi connectivity index (χ1v) is 7.67. The Morgan fingerprint density at radius 1 is 1.21 bits per heavy atom. The van der Waals surface area contributed by atoms with Crippen molar-refractivity contribution in [2.24, 2.45) is 5.92 Å². The summed E-state index contributed by atoms with van der Waals surface area (Å²) >= 11 is 0. The molecule has 0 spiro atoms. The van der Waals surface area contributed by atoms with Gasteiger partial charge in [0.15, 0.2) is 0 Å². The molecule has 0 aliphatic carbocycles. The fourth-order valence-electron chi connectivity index (χ4n) is 2.18. The van der Waals surface area contributed by atoms with Gasteiger partial charge in [-0.05, 0) is 31.0 Å². The van der Waals surface area contributed by atoms with Gasteiger partial charge in [-0.1, -0.05) is 32.0 Å². The Kier molecular flexibility index (Phi) is 5.52. The van der Waals surface area contributed by atoms with E-state index in [9.17, 15) is 14.9 Å². The normalized spacial score (nSPS) is 10.5. The predicted molar refractivity (Wildman–Crippen MR) is 92.6 cm³/mol. The van der Waals surface area contributed by atoms with E-state index >= 15 is 0 Å². The smallest absolute Gasteiger partial charge is 0.274 e. The van der Waals surface area contributed by atoms with Crippen LogP contribution >= 0.6 is 0 Å². The second kappa shape index (κ2) is 7.59. The lowest BCUT2D eigenvalue weighted by Crippen LogP contribution is -2.15. The summed E-state index contributed by atoms with van der Waals surface area (Å²) in [5.74, 6) is 0.463. The number of nitrogens with zero attached hydrogens (tertiary/aromatic N) is 1. The number of benzene rings is 2. The molecule has 6 heteroatoms. The standard InChI is InChI=1S/C18H20N2O4/c1-12(2)11-24-17-10-5-4-7-14(17)18(21)19-15-8-6-9-16(13(15)3)20(22)23/h4-10,12H,11H2,1-3H3,(H,19,21). The second-order valence-corrected chi connectivity index (χ2v) is 5.86. The highest BCUT2D eigenvalue weighted by molar-refractivity contribution is 6.06. The minimum absolute atomic E-state index is 0.0304. The minimum Gasteiger partial charge on any atom is -0.492 e. The van der Waals surface area contributed by atoms with Crippen molar-refractivity contribution in [3.8, 4) is 5.75 Å². The third-order valence-electron chi connectivity index (χ3n) is 3.45. The van der Waals surface area contributed by atoms with Gasteiger partial charge in [0.2, 0.25) is 0 Å². The van der Waals surface area contributed by atoms with Crippen molar-refractivity contribution < 1.29 is 14.5 Å². The van der Waals surface area contributed by atoms with Crippen molar-refractivity contribution in [3.05, 3.63) is 63.7 Å². The van der Waals surface area contributed by atoms with Crippen LogP contribution in [0.3, 0.4) is 0 Å². The first-order chi connectivity index (χ1) is 11.4. The van der Waals surface area contributed by atoms with Crippen LogP contribution in [0.25, 0.3) is 0 Å². The molecule has 0 fully saturated rings.